The van der Waals surface area contributed by atoms with Gasteiger partial charge < -0.3 is 9.30 Å². The number of thiazole rings is 1. The van der Waals surface area contributed by atoms with Crippen molar-refractivity contribution in [2.24, 2.45) is 4.99 Å². The van der Waals surface area contributed by atoms with E-state index in [1.807, 2.05) is 65.2 Å². The van der Waals surface area contributed by atoms with Gasteiger partial charge in [0.05, 0.1) is 39.9 Å². The molecule has 3 heterocycles. The Morgan fingerprint density at radius 1 is 1.07 bits per heavy atom. The van der Waals surface area contributed by atoms with Gasteiger partial charge in [0.1, 0.15) is 0 Å². The molecule has 3 aromatic carbocycles. The van der Waals surface area contributed by atoms with E-state index in [9.17, 15) is 19.7 Å². The van der Waals surface area contributed by atoms with Crippen LogP contribution in [0, 0.1) is 10.1 Å². The second-order valence-electron chi connectivity index (χ2n) is 9.81. The summed E-state index contributed by atoms with van der Waals surface area (Å²) in [7, 11) is 0. The predicted molar refractivity (Wildman–Crippen MR) is 161 cm³/mol. The molecule has 0 amide bonds. The highest BCUT2D eigenvalue weighted by molar-refractivity contribution is 7.07. The lowest BCUT2D eigenvalue weighted by Crippen LogP contribution is -2.40. The number of rotatable bonds is 7. The summed E-state index contributed by atoms with van der Waals surface area (Å²) in [5, 5.41) is 12.7. The average Bonchev–Trinajstić information content (AvgIpc) is 3.49. The zero-order valence-electron chi connectivity index (χ0n) is 22.9. The van der Waals surface area contributed by atoms with Crippen molar-refractivity contribution in [1.82, 2.24) is 9.13 Å². The van der Waals surface area contributed by atoms with E-state index in [0.29, 0.717) is 26.2 Å². The lowest BCUT2D eigenvalue weighted by Gasteiger charge is -2.24. The summed E-state index contributed by atoms with van der Waals surface area (Å²) in [6.07, 6.45) is 1.80. The smallest absolute Gasteiger partial charge is 0.338 e. The molecule has 0 saturated heterocycles. The molecular weight excluding hydrogens is 552 g/mol. The summed E-state index contributed by atoms with van der Waals surface area (Å²) in [5.74, 6) is -0.508. The zero-order valence-corrected chi connectivity index (χ0v) is 23.7. The Morgan fingerprint density at radius 3 is 2.55 bits per heavy atom. The predicted octanol–water partition coefficient (Wildman–Crippen LogP) is 4.71. The molecule has 210 valence electrons. The largest absolute Gasteiger partial charge is 0.463 e. The van der Waals surface area contributed by atoms with E-state index in [1.165, 1.54) is 17.4 Å². The Labute approximate surface area is 244 Å². The second-order valence-corrected chi connectivity index (χ2v) is 10.8. The first-order valence-electron chi connectivity index (χ1n) is 13.4. The fourth-order valence-corrected chi connectivity index (χ4v) is 6.43. The van der Waals surface area contributed by atoms with Crippen molar-refractivity contribution >= 4 is 40.0 Å². The van der Waals surface area contributed by atoms with E-state index in [-0.39, 0.29) is 29.3 Å². The Kier molecular flexibility index (Phi) is 7.13. The third-order valence-corrected chi connectivity index (χ3v) is 8.25. The lowest BCUT2D eigenvalue weighted by atomic mass is 9.96. The Balaban J connectivity index is 1.55. The number of carbonyl (C=O) groups is 1. The van der Waals surface area contributed by atoms with E-state index in [2.05, 4.69) is 4.99 Å². The van der Waals surface area contributed by atoms with Crippen molar-refractivity contribution in [3.05, 3.63) is 143 Å². The Bertz CT molecular complexity index is 2070. The fourth-order valence-electron chi connectivity index (χ4n) is 5.40. The van der Waals surface area contributed by atoms with Crippen LogP contribution in [0.15, 0.2) is 106 Å². The molecule has 0 fully saturated rings. The molecule has 9 nitrogen and oxygen atoms in total. The van der Waals surface area contributed by atoms with Crippen molar-refractivity contribution in [2.75, 3.05) is 6.61 Å². The number of nitrogens with zero attached hydrogens (tertiary/aromatic N) is 4. The number of hydrogen-bond acceptors (Lipinski definition) is 7. The van der Waals surface area contributed by atoms with Crippen molar-refractivity contribution in [2.45, 2.75) is 26.4 Å². The highest BCUT2D eigenvalue weighted by atomic mass is 32.1. The van der Waals surface area contributed by atoms with Gasteiger partial charge in [-0.1, -0.05) is 78.1 Å². The SMILES string of the molecule is CCOC(=O)C1=C(C)N=c2sc(=Cc3cc4ccccc4n3Cc3ccccc3[N+](=O)[O-])c(=O)n2[C@H]1c1ccccc1. The highest BCUT2D eigenvalue weighted by Gasteiger charge is 2.33. The zero-order chi connectivity index (χ0) is 29.4. The molecule has 0 unspecified atom stereocenters. The van der Waals surface area contributed by atoms with Gasteiger partial charge >= 0.3 is 5.97 Å². The number of esters is 1. The summed E-state index contributed by atoms with van der Waals surface area (Å²) < 4.78 is 9.32. The standard InChI is InChI=1S/C32H26N4O5S/c1-3-41-31(38)28-20(2)33-32-35(29(28)21-11-5-4-6-12-21)30(37)27(42-32)18-24-17-22-13-7-9-15-25(22)34(24)19-23-14-8-10-16-26(23)36(39)40/h4-18,29H,3,19H2,1-2H3/t29-/m0/s1. The van der Waals surface area contributed by atoms with Gasteiger partial charge in [-0.3, -0.25) is 19.5 Å². The van der Waals surface area contributed by atoms with Crippen LogP contribution in [-0.4, -0.2) is 26.6 Å². The molecule has 1 aliphatic heterocycles. The minimum atomic E-state index is -0.693. The van der Waals surface area contributed by atoms with E-state index < -0.39 is 12.0 Å². The minimum Gasteiger partial charge on any atom is -0.463 e. The van der Waals surface area contributed by atoms with Crippen molar-refractivity contribution < 1.29 is 14.5 Å². The topological polar surface area (TPSA) is 109 Å². The van der Waals surface area contributed by atoms with Gasteiger partial charge in [0.25, 0.3) is 11.2 Å². The van der Waals surface area contributed by atoms with Crippen LogP contribution in [0.2, 0.25) is 0 Å². The maximum Gasteiger partial charge on any atom is 0.338 e. The maximum atomic E-state index is 14.1. The van der Waals surface area contributed by atoms with Crippen LogP contribution in [0.5, 0.6) is 0 Å². The molecule has 0 spiro atoms. The van der Waals surface area contributed by atoms with Crippen LogP contribution in [0.3, 0.4) is 0 Å². The number of aromatic nitrogens is 2. The molecule has 2 aromatic heterocycles. The molecule has 0 N–H and O–H groups in total. The Morgan fingerprint density at radius 2 is 1.79 bits per heavy atom. The average molecular weight is 579 g/mol. The maximum absolute atomic E-state index is 14.1. The molecule has 0 saturated carbocycles. The summed E-state index contributed by atoms with van der Waals surface area (Å²) in [6.45, 7) is 3.94. The van der Waals surface area contributed by atoms with Crippen LogP contribution < -0.4 is 14.9 Å². The molecule has 0 bridgehead atoms. The minimum absolute atomic E-state index is 0.0328. The molecule has 0 radical (unpaired) electrons. The number of hydrogen-bond donors (Lipinski definition) is 0. The summed E-state index contributed by atoms with van der Waals surface area (Å²) in [4.78, 5) is 43.6. The van der Waals surface area contributed by atoms with Gasteiger partial charge in [0.2, 0.25) is 0 Å². The second kappa shape index (κ2) is 11.1. The highest BCUT2D eigenvalue weighted by Crippen LogP contribution is 2.31. The third kappa shape index (κ3) is 4.75. The van der Waals surface area contributed by atoms with Gasteiger partial charge in [-0.15, -0.1) is 0 Å². The number of benzene rings is 3. The first-order chi connectivity index (χ1) is 20.4. The van der Waals surface area contributed by atoms with E-state index in [4.69, 9.17) is 4.74 Å². The van der Waals surface area contributed by atoms with Crippen molar-refractivity contribution in [3.8, 4) is 0 Å². The monoisotopic (exact) mass is 578 g/mol. The molecule has 1 atom stereocenters. The van der Waals surface area contributed by atoms with E-state index in [1.54, 1.807) is 42.7 Å². The van der Waals surface area contributed by atoms with Gasteiger partial charge in [-0.2, -0.15) is 0 Å². The summed E-state index contributed by atoms with van der Waals surface area (Å²) in [6, 6.07) is 25.1. The van der Waals surface area contributed by atoms with Crippen LogP contribution in [0.1, 0.15) is 36.7 Å². The molecule has 1 aliphatic rings. The summed E-state index contributed by atoms with van der Waals surface area (Å²) in [5.41, 5.74) is 3.50. The molecule has 10 heteroatoms. The van der Waals surface area contributed by atoms with Gasteiger partial charge in [-0.05, 0) is 37.6 Å². The molecule has 5 aromatic rings. The van der Waals surface area contributed by atoms with Crippen LogP contribution in [-0.2, 0) is 16.1 Å². The first-order valence-corrected chi connectivity index (χ1v) is 14.2. The number of ether oxygens (including phenoxy) is 1. The quantitative estimate of drug-likeness (QED) is 0.158. The van der Waals surface area contributed by atoms with Crippen LogP contribution >= 0.6 is 11.3 Å². The lowest BCUT2D eigenvalue weighted by molar-refractivity contribution is -0.385. The number of fused-ring (bicyclic) bond motifs is 2. The van der Waals surface area contributed by atoms with Crippen molar-refractivity contribution in [1.29, 1.82) is 0 Å². The normalized spacial score (nSPS) is 15.0. The van der Waals surface area contributed by atoms with Crippen LogP contribution in [0.4, 0.5) is 5.69 Å². The third-order valence-electron chi connectivity index (χ3n) is 7.27. The summed E-state index contributed by atoms with van der Waals surface area (Å²) >= 11 is 1.24. The number of nitro benzene ring substituents is 1. The number of allylic oxidation sites excluding steroid dienone is 1. The van der Waals surface area contributed by atoms with Gasteiger partial charge in [0, 0.05) is 28.2 Å². The Hall–Kier alpha value is -5.09. The van der Waals surface area contributed by atoms with Gasteiger partial charge in [-0.25, -0.2) is 9.79 Å². The molecular formula is C32H26N4O5S. The number of nitro groups is 1. The molecule has 6 rings (SSSR count). The number of para-hydroxylation sites is 2. The fraction of sp³-hybridized carbons (Fsp3) is 0.156. The van der Waals surface area contributed by atoms with Crippen molar-refractivity contribution in [3.63, 3.8) is 0 Å². The number of carbonyl (C=O) groups excluding carboxylic acids is 1. The molecule has 42 heavy (non-hydrogen) atoms. The van der Waals surface area contributed by atoms with Crippen LogP contribution in [0.25, 0.3) is 17.0 Å². The molecule has 0 aliphatic carbocycles. The van der Waals surface area contributed by atoms with E-state index >= 15 is 0 Å². The van der Waals surface area contributed by atoms with Gasteiger partial charge in [0.15, 0.2) is 4.80 Å². The van der Waals surface area contributed by atoms with E-state index in [0.717, 1.165) is 22.2 Å². The first kappa shape index (κ1) is 27.1.